The summed E-state index contributed by atoms with van der Waals surface area (Å²) in [5, 5.41) is 17.0. The average Bonchev–Trinajstić information content (AvgIpc) is 3.76. The molecule has 1 saturated heterocycles. The van der Waals surface area contributed by atoms with Crippen molar-refractivity contribution in [1.29, 1.82) is 10.5 Å². The molecule has 14 nitrogen and oxygen atoms in total. The van der Waals surface area contributed by atoms with Crippen molar-refractivity contribution in [2.45, 2.75) is 157 Å². The van der Waals surface area contributed by atoms with Gasteiger partial charge < -0.3 is 44.0 Å². The van der Waals surface area contributed by atoms with Gasteiger partial charge in [-0.15, -0.1) is 0 Å². The zero-order valence-electron chi connectivity index (χ0n) is 48.3. The van der Waals surface area contributed by atoms with Crippen molar-refractivity contribution in [3.8, 4) is 12.1 Å². The van der Waals surface area contributed by atoms with Gasteiger partial charge in [-0.1, -0.05) is 48.6 Å². The molecule has 2 N–H and O–H groups in total. The van der Waals surface area contributed by atoms with Gasteiger partial charge in [0.2, 0.25) is 0 Å². The van der Waals surface area contributed by atoms with E-state index in [1.165, 1.54) is 12.1 Å². The Balaban J connectivity index is 0.000000233. The van der Waals surface area contributed by atoms with Crippen molar-refractivity contribution < 1.29 is 51.1 Å². The van der Waals surface area contributed by atoms with Crippen LogP contribution in [-0.4, -0.2) is 114 Å². The Hall–Kier alpha value is -6.12. The van der Waals surface area contributed by atoms with Crippen LogP contribution < -0.4 is 5.73 Å². The Bertz CT molecular complexity index is 2790. The van der Waals surface area contributed by atoms with Gasteiger partial charge >= 0.3 is 25.4 Å². The molecule has 0 radical (unpaired) electrons. The minimum absolute atomic E-state index is 0.197. The third-order valence-corrected chi connectivity index (χ3v) is 13.6. The number of amides is 3. The fourth-order valence-electron chi connectivity index (χ4n) is 8.10. The van der Waals surface area contributed by atoms with E-state index in [1.807, 2.05) is 126 Å². The molecule has 4 aliphatic rings. The second-order valence-corrected chi connectivity index (χ2v) is 24.3. The number of hydrogen-bond donors (Lipinski definition) is 1. The number of ether oxygens (including phenoxy) is 3. The molecule has 0 unspecified atom stereocenters. The van der Waals surface area contributed by atoms with Crippen LogP contribution in [0.2, 0.25) is 0 Å². The summed E-state index contributed by atoms with van der Waals surface area (Å²) in [6.45, 7) is 28.4. The largest absolute Gasteiger partial charge is 0.490 e. The smallest absolute Gasteiger partial charge is 0.444 e. The lowest BCUT2D eigenvalue weighted by Crippen LogP contribution is -2.41. The maximum absolute atomic E-state index is 14.2. The quantitative estimate of drug-likeness (QED) is 0.176. The number of rotatable bonds is 7. The Morgan fingerprint density at radius 2 is 0.975 bits per heavy atom. The predicted molar refractivity (Wildman–Crippen MR) is 306 cm³/mol. The fourth-order valence-corrected chi connectivity index (χ4v) is 8.35. The summed E-state index contributed by atoms with van der Waals surface area (Å²) < 4.78 is 69.8. The van der Waals surface area contributed by atoms with Crippen LogP contribution in [0.3, 0.4) is 0 Å². The number of nitrogens with zero attached hydrogens (tertiary/aromatic N) is 5. The van der Waals surface area contributed by atoms with E-state index in [9.17, 15) is 27.6 Å². The van der Waals surface area contributed by atoms with E-state index in [1.54, 1.807) is 51.1 Å². The normalized spacial score (nSPS) is 16.8. The van der Waals surface area contributed by atoms with Crippen LogP contribution in [-0.2, 0) is 42.8 Å². The molecule has 79 heavy (non-hydrogen) atoms. The molecule has 1 fully saturated rings. The van der Waals surface area contributed by atoms with Gasteiger partial charge in [0.15, 0.2) is 0 Å². The molecule has 0 spiro atoms. The van der Waals surface area contributed by atoms with Gasteiger partial charge in [0.25, 0.3) is 0 Å². The highest BCUT2D eigenvalue weighted by Crippen LogP contribution is 2.39. The first-order valence-corrected chi connectivity index (χ1v) is 27.4. The summed E-state index contributed by atoms with van der Waals surface area (Å²) in [6.07, 6.45) is 7.90. The van der Waals surface area contributed by atoms with E-state index in [0.717, 1.165) is 28.6 Å². The number of carbonyl (C=O) groups is 3. The highest BCUT2D eigenvalue weighted by atomic mass is 79.9. The number of hydrogen-bond acceptors (Lipinski definition) is 11. The Morgan fingerprint density at radius 1 is 0.608 bits per heavy atom. The Morgan fingerprint density at radius 3 is 1.30 bits per heavy atom. The summed E-state index contributed by atoms with van der Waals surface area (Å²) in [5.41, 5.74) is 9.67. The van der Waals surface area contributed by atoms with E-state index in [2.05, 4.69) is 15.9 Å². The lowest BCUT2D eigenvalue weighted by atomic mass is 9.75. The maximum Gasteiger partial charge on any atom is 0.490 e. The number of carbonyl (C=O) groups excluding carboxylic acids is 3. The lowest BCUT2D eigenvalue weighted by Gasteiger charge is -2.32. The third-order valence-electron chi connectivity index (χ3n) is 12.9. The van der Waals surface area contributed by atoms with Gasteiger partial charge in [-0.3, -0.25) is 0 Å². The summed E-state index contributed by atoms with van der Waals surface area (Å²) in [6, 6.07) is 18.8. The molecule has 0 aliphatic carbocycles. The Kier molecular flexibility index (Phi) is 23.5. The van der Waals surface area contributed by atoms with Gasteiger partial charge in [0.05, 0.1) is 40.7 Å². The third kappa shape index (κ3) is 20.8. The van der Waals surface area contributed by atoms with E-state index < -0.39 is 16.8 Å². The number of benzene rings is 3. The summed E-state index contributed by atoms with van der Waals surface area (Å²) in [4.78, 5) is 41.0. The van der Waals surface area contributed by atoms with Crippen LogP contribution in [0.5, 0.6) is 0 Å². The van der Waals surface area contributed by atoms with Crippen LogP contribution in [0, 0.1) is 40.1 Å². The van der Waals surface area contributed by atoms with E-state index in [0.29, 0.717) is 91.8 Å². The van der Waals surface area contributed by atoms with E-state index in [4.69, 9.17) is 39.8 Å². The molecule has 7 rings (SSSR count). The van der Waals surface area contributed by atoms with Gasteiger partial charge in [0, 0.05) is 50.4 Å². The van der Waals surface area contributed by atoms with Crippen LogP contribution in [0.4, 0.5) is 27.6 Å². The monoisotopic (exact) mass is 1160 g/mol. The van der Waals surface area contributed by atoms with Crippen LogP contribution >= 0.6 is 15.9 Å². The topological polar surface area (TPSA) is 181 Å². The molecule has 4 aliphatic heterocycles. The van der Waals surface area contributed by atoms with Gasteiger partial charge in [-0.05, 0) is 196 Å². The summed E-state index contributed by atoms with van der Waals surface area (Å²) in [5.74, 6) is -0.875. The molecular formula is C60H79BBrF3N6O8. The highest BCUT2D eigenvalue weighted by Gasteiger charge is 2.52. The van der Waals surface area contributed by atoms with E-state index in [-0.39, 0.29) is 66.9 Å². The number of nitrogens with two attached hydrogens (primary N) is 1. The van der Waals surface area contributed by atoms with Crippen molar-refractivity contribution >= 4 is 52.5 Å². The van der Waals surface area contributed by atoms with Gasteiger partial charge in [-0.2, -0.15) is 10.5 Å². The van der Waals surface area contributed by atoms with Crippen molar-refractivity contribution in [2.75, 3.05) is 45.8 Å². The second kappa shape index (κ2) is 28.3. The zero-order chi connectivity index (χ0) is 59.1. The first-order chi connectivity index (χ1) is 36.7. The SMILES string of the molecule is CC(C)(C)OC(=O)N1CC=C(B2OC(C)(C)C(C)(C)O2)CC1.CC(C)(C)OC(=O)N1CC=C(c2ccc(CC#N)cc2F)CC1.CC(C)(C)OC(=O)N1CC=C(c2ccc(CCN)cc2F)CC1.N#CCc1ccc(Br)c(F)c1. The minimum Gasteiger partial charge on any atom is -0.444 e. The van der Waals surface area contributed by atoms with E-state index >= 15 is 0 Å². The van der Waals surface area contributed by atoms with Crippen molar-refractivity contribution in [3.05, 3.63) is 128 Å². The standard InChI is InChI=1S/C18H25FN2O2.C18H21FN2O2.C16H28BNO4.C8H5BrFN/c2*1-18(2,3)23-17(22)21-10-7-14(8-11-21)15-5-4-13(6-9-20)12-16(15)19;1-14(2,3)20-13(19)18-10-8-12(9-11-18)17-21-15(4,5)16(6,7)22-17;9-7-2-1-6(3-4-11)5-8(7)10/h4-5,7,12H,6,8-11,20H2,1-3H3;4-5,7,12H,6,8,10-11H2,1-3H3;8H,9-11H2,1-7H3;1-2,5H,3H2. The molecular weight excluding hydrogens is 1080 g/mol. The average molecular weight is 1160 g/mol. The van der Waals surface area contributed by atoms with Gasteiger partial charge in [0.1, 0.15) is 34.3 Å². The molecule has 0 aromatic heterocycles. The number of halogens is 4. The van der Waals surface area contributed by atoms with Crippen molar-refractivity contribution in [1.82, 2.24) is 14.7 Å². The molecule has 4 heterocycles. The fraction of sp³-hybridized carbons (Fsp3) is 0.517. The van der Waals surface area contributed by atoms with Gasteiger partial charge in [-0.25, -0.2) is 27.6 Å². The van der Waals surface area contributed by atoms with Crippen LogP contribution in [0.1, 0.15) is 137 Å². The second-order valence-electron chi connectivity index (χ2n) is 23.4. The number of nitriles is 2. The molecule has 3 aromatic carbocycles. The molecule has 3 amide bonds. The molecule has 3 aromatic rings. The summed E-state index contributed by atoms with van der Waals surface area (Å²) >= 11 is 3.02. The van der Waals surface area contributed by atoms with Crippen LogP contribution in [0.25, 0.3) is 11.1 Å². The predicted octanol–water partition coefficient (Wildman–Crippen LogP) is 13.1. The van der Waals surface area contributed by atoms with Crippen molar-refractivity contribution in [2.24, 2.45) is 5.73 Å². The highest BCUT2D eigenvalue weighted by molar-refractivity contribution is 9.10. The first kappa shape index (κ1) is 65.4. The minimum atomic E-state index is -0.524. The molecule has 0 bridgehead atoms. The molecule has 0 atom stereocenters. The van der Waals surface area contributed by atoms with Crippen molar-refractivity contribution in [3.63, 3.8) is 0 Å². The summed E-state index contributed by atoms with van der Waals surface area (Å²) in [7, 11) is -0.314. The molecule has 0 saturated carbocycles. The first-order valence-electron chi connectivity index (χ1n) is 26.6. The Labute approximate surface area is 475 Å². The zero-order valence-corrected chi connectivity index (χ0v) is 49.9. The van der Waals surface area contributed by atoms with Crippen LogP contribution in [0.15, 0.2) is 82.8 Å². The maximum atomic E-state index is 14.2. The molecule has 428 valence electrons. The molecule has 19 heteroatoms. The lowest BCUT2D eigenvalue weighted by molar-refractivity contribution is 0.00578.